The van der Waals surface area contributed by atoms with Gasteiger partial charge in [-0.1, -0.05) is 103 Å². The van der Waals surface area contributed by atoms with Crippen molar-refractivity contribution in [3.63, 3.8) is 0 Å². The molecule has 1 atom stereocenters. The molecule has 52 heavy (non-hydrogen) atoms. The number of anilines is 1. The Morgan fingerprint density at radius 2 is 1.44 bits per heavy atom. The van der Waals surface area contributed by atoms with Gasteiger partial charge in [0.05, 0.1) is 16.1 Å². The Bertz CT molecular complexity index is 2240. The molecular weight excluding hydrogens is 689 g/mol. The maximum Gasteiger partial charge on any atom is 0.416 e. The molecule has 264 valence electrons. The predicted molar refractivity (Wildman–Crippen MR) is 197 cm³/mol. The lowest BCUT2D eigenvalue weighted by Crippen LogP contribution is -2.41. The SMILES string of the molecule is CCn1c(C(=O)NC(C(=O)N(C)Cc2ccccc2)c2ccccc2)c(Cl)c2cc(NC(=O)c3ccccc3-c3ccc(C(F)(F)F)cc3)ccc21. The minimum Gasteiger partial charge on any atom is -0.339 e. The largest absolute Gasteiger partial charge is 0.416 e. The van der Waals surface area contributed by atoms with Crippen LogP contribution in [0.15, 0.2) is 127 Å². The molecule has 0 saturated heterocycles. The van der Waals surface area contributed by atoms with Crippen molar-refractivity contribution in [1.82, 2.24) is 14.8 Å². The van der Waals surface area contributed by atoms with E-state index in [2.05, 4.69) is 10.6 Å². The number of carbonyl (C=O) groups is 3. The summed E-state index contributed by atoms with van der Waals surface area (Å²) in [5, 5.41) is 6.44. The summed E-state index contributed by atoms with van der Waals surface area (Å²) in [5.74, 6) is -1.34. The fraction of sp³-hybridized carbons (Fsp3) is 0.146. The molecule has 3 amide bonds. The van der Waals surface area contributed by atoms with Crippen LogP contribution in [0.3, 0.4) is 0 Å². The molecule has 1 heterocycles. The minimum absolute atomic E-state index is 0.146. The number of carbonyl (C=O) groups excluding carboxylic acids is 3. The number of alkyl halides is 3. The number of amides is 3. The molecule has 1 unspecified atom stereocenters. The number of rotatable bonds is 10. The average Bonchev–Trinajstić information content (AvgIpc) is 3.44. The zero-order chi connectivity index (χ0) is 37.0. The summed E-state index contributed by atoms with van der Waals surface area (Å²) in [5.41, 5.74) is 3.13. The van der Waals surface area contributed by atoms with Gasteiger partial charge in [0, 0.05) is 36.8 Å². The predicted octanol–water partition coefficient (Wildman–Crippen LogP) is 9.38. The molecule has 0 spiro atoms. The number of hydrogen-bond acceptors (Lipinski definition) is 3. The van der Waals surface area contributed by atoms with Crippen LogP contribution in [0.4, 0.5) is 18.9 Å². The molecule has 0 fully saturated rings. The number of aryl methyl sites for hydroxylation is 1. The molecule has 7 nitrogen and oxygen atoms in total. The Kier molecular flexibility index (Phi) is 10.5. The van der Waals surface area contributed by atoms with Gasteiger partial charge in [-0.15, -0.1) is 0 Å². The van der Waals surface area contributed by atoms with E-state index in [-0.39, 0.29) is 22.2 Å². The molecule has 0 aliphatic carbocycles. The summed E-state index contributed by atoms with van der Waals surface area (Å²) in [6.45, 7) is 2.60. The van der Waals surface area contributed by atoms with E-state index in [0.29, 0.717) is 46.4 Å². The maximum atomic E-state index is 14.1. The number of nitrogens with zero attached hydrogens (tertiary/aromatic N) is 2. The van der Waals surface area contributed by atoms with Gasteiger partial charge in [0.2, 0.25) is 5.91 Å². The number of fused-ring (bicyclic) bond motifs is 1. The third kappa shape index (κ3) is 7.57. The highest BCUT2D eigenvalue weighted by atomic mass is 35.5. The van der Waals surface area contributed by atoms with Crippen LogP contribution in [0.2, 0.25) is 5.02 Å². The molecule has 6 aromatic rings. The summed E-state index contributed by atoms with van der Waals surface area (Å²) in [6, 6.07) is 33.9. The molecule has 6 rings (SSSR count). The van der Waals surface area contributed by atoms with Crippen molar-refractivity contribution in [1.29, 1.82) is 0 Å². The zero-order valence-corrected chi connectivity index (χ0v) is 29.0. The second kappa shape index (κ2) is 15.2. The van der Waals surface area contributed by atoms with Crippen molar-refractivity contribution in [2.24, 2.45) is 0 Å². The van der Waals surface area contributed by atoms with E-state index in [9.17, 15) is 27.6 Å². The summed E-state index contributed by atoms with van der Waals surface area (Å²) in [6.07, 6.45) is -4.48. The second-order valence-electron chi connectivity index (χ2n) is 12.2. The van der Waals surface area contributed by atoms with Crippen molar-refractivity contribution in [3.05, 3.63) is 160 Å². The molecule has 0 aliphatic heterocycles. The van der Waals surface area contributed by atoms with Crippen LogP contribution in [0.1, 0.15) is 50.5 Å². The van der Waals surface area contributed by atoms with Crippen molar-refractivity contribution >= 4 is 45.9 Å². The van der Waals surface area contributed by atoms with Gasteiger partial charge < -0.3 is 20.1 Å². The first-order chi connectivity index (χ1) is 25.0. The Balaban J connectivity index is 1.27. The van der Waals surface area contributed by atoms with Gasteiger partial charge in [-0.05, 0) is 65.6 Å². The van der Waals surface area contributed by atoms with E-state index < -0.39 is 29.6 Å². The number of nitrogens with one attached hydrogen (secondary N) is 2. The summed E-state index contributed by atoms with van der Waals surface area (Å²) in [7, 11) is 1.69. The third-order valence-electron chi connectivity index (χ3n) is 8.78. The fourth-order valence-corrected chi connectivity index (χ4v) is 6.54. The average molecular weight is 723 g/mol. The van der Waals surface area contributed by atoms with Crippen LogP contribution in [0.25, 0.3) is 22.0 Å². The van der Waals surface area contributed by atoms with Crippen LogP contribution in [0, 0.1) is 0 Å². The maximum absolute atomic E-state index is 14.1. The van der Waals surface area contributed by atoms with Gasteiger partial charge in [-0.2, -0.15) is 13.2 Å². The van der Waals surface area contributed by atoms with Gasteiger partial charge in [0.15, 0.2) is 0 Å². The number of hydrogen-bond donors (Lipinski definition) is 2. The smallest absolute Gasteiger partial charge is 0.339 e. The van der Waals surface area contributed by atoms with E-state index in [1.807, 2.05) is 43.3 Å². The zero-order valence-electron chi connectivity index (χ0n) is 28.2. The van der Waals surface area contributed by atoms with E-state index >= 15 is 0 Å². The minimum atomic E-state index is -4.48. The molecular formula is C41H34ClF3N4O3. The lowest BCUT2D eigenvalue weighted by Gasteiger charge is -2.25. The lowest BCUT2D eigenvalue weighted by atomic mass is 9.98. The highest BCUT2D eigenvalue weighted by Crippen LogP contribution is 2.35. The van der Waals surface area contributed by atoms with E-state index in [0.717, 1.165) is 17.7 Å². The first-order valence-corrected chi connectivity index (χ1v) is 16.9. The number of likely N-dealkylation sites (N-methyl/N-ethyl adjacent to an activating group) is 1. The highest BCUT2D eigenvalue weighted by Gasteiger charge is 2.31. The second-order valence-corrected chi connectivity index (χ2v) is 12.6. The van der Waals surface area contributed by atoms with Crippen molar-refractivity contribution in [3.8, 4) is 11.1 Å². The molecule has 0 radical (unpaired) electrons. The number of benzene rings is 5. The Labute approximate surface area is 303 Å². The molecule has 11 heteroatoms. The van der Waals surface area contributed by atoms with Crippen LogP contribution >= 0.6 is 11.6 Å². The Morgan fingerprint density at radius 1 is 0.808 bits per heavy atom. The van der Waals surface area contributed by atoms with Gasteiger partial charge in [-0.3, -0.25) is 14.4 Å². The van der Waals surface area contributed by atoms with Gasteiger partial charge in [0.25, 0.3) is 11.8 Å². The van der Waals surface area contributed by atoms with Gasteiger partial charge >= 0.3 is 6.18 Å². The van der Waals surface area contributed by atoms with Crippen molar-refractivity contribution in [2.45, 2.75) is 32.2 Å². The molecule has 0 aliphatic rings. The molecule has 1 aromatic heterocycles. The van der Waals surface area contributed by atoms with Crippen LogP contribution < -0.4 is 10.6 Å². The number of halogens is 4. The fourth-order valence-electron chi connectivity index (χ4n) is 6.20. The van der Waals surface area contributed by atoms with E-state index in [4.69, 9.17) is 11.6 Å². The lowest BCUT2D eigenvalue weighted by molar-refractivity contribution is -0.137. The van der Waals surface area contributed by atoms with Crippen LogP contribution in [-0.4, -0.2) is 34.2 Å². The van der Waals surface area contributed by atoms with Gasteiger partial charge in [-0.25, -0.2) is 0 Å². The van der Waals surface area contributed by atoms with Crippen molar-refractivity contribution < 1.29 is 27.6 Å². The highest BCUT2D eigenvalue weighted by molar-refractivity contribution is 6.39. The van der Waals surface area contributed by atoms with Crippen molar-refractivity contribution in [2.75, 3.05) is 12.4 Å². The molecule has 2 N–H and O–H groups in total. The van der Waals surface area contributed by atoms with Crippen LogP contribution in [-0.2, 0) is 24.1 Å². The topological polar surface area (TPSA) is 83.4 Å². The summed E-state index contributed by atoms with van der Waals surface area (Å²) >= 11 is 6.92. The van der Waals surface area contributed by atoms with E-state index in [1.54, 1.807) is 83.2 Å². The van der Waals surface area contributed by atoms with Crippen LogP contribution in [0.5, 0.6) is 0 Å². The first-order valence-electron chi connectivity index (χ1n) is 16.5. The Morgan fingerprint density at radius 3 is 2.10 bits per heavy atom. The monoisotopic (exact) mass is 722 g/mol. The standard InChI is InChI=1S/C41H34ClF3N4O3/c1-3-49-34-23-22-30(46-38(50)32-17-11-10-16-31(32)27-18-20-29(21-19-27)41(43,44)45)24-33(34)35(42)37(49)39(51)47-36(28-14-8-5-9-15-28)40(52)48(2)25-26-12-6-4-7-13-26/h4-24,36H,3,25H2,1-2H3,(H,46,50)(H,47,51). The number of aromatic nitrogens is 1. The molecule has 0 bridgehead atoms. The molecule has 5 aromatic carbocycles. The molecule has 0 saturated carbocycles. The van der Waals surface area contributed by atoms with Gasteiger partial charge in [0.1, 0.15) is 11.7 Å². The van der Waals surface area contributed by atoms with E-state index in [1.165, 1.54) is 12.1 Å². The first kappa shape index (κ1) is 35.9. The normalized spacial score (nSPS) is 12.0. The Hall–Kier alpha value is -5.87. The summed E-state index contributed by atoms with van der Waals surface area (Å²) in [4.78, 5) is 43.0. The quantitative estimate of drug-likeness (QED) is 0.148. The third-order valence-corrected chi connectivity index (χ3v) is 9.16. The summed E-state index contributed by atoms with van der Waals surface area (Å²) < 4.78 is 41.2.